The molecule has 1 N–H and O–H groups in total. The first-order chi connectivity index (χ1) is 7.31. The van der Waals surface area contributed by atoms with Crippen molar-refractivity contribution in [3.05, 3.63) is 24.3 Å². The summed E-state index contributed by atoms with van der Waals surface area (Å²) in [4.78, 5) is 1.40. The summed E-state index contributed by atoms with van der Waals surface area (Å²) in [6, 6.07) is 8.54. The van der Waals surface area contributed by atoms with Crippen LogP contribution >= 0.6 is 11.8 Å². The predicted octanol–water partition coefficient (Wildman–Crippen LogP) is 4.60. The fraction of sp³-hybridized carbons (Fsp3) is 0.538. The van der Waals surface area contributed by atoms with Crippen LogP contribution in [0.15, 0.2) is 29.2 Å². The topological polar surface area (TPSA) is 12.0 Å². The molecule has 1 nitrogen and oxygen atoms in total. The van der Waals surface area contributed by atoms with Crippen LogP contribution in [0.25, 0.3) is 0 Å². The van der Waals surface area contributed by atoms with Gasteiger partial charge in [0.1, 0.15) is 0 Å². The first-order valence-electron chi connectivity index (χ1n) is 5.83. The van der Waals surface area contributed by atoms with Crippen molar-refractivity contribution in [3.8, 4) is 0 Å². The molecule has 1 aliphatic heterocycles. The minimum atomic E-state index is 0.572. The Labute approximate surface area is 97.7 Å². The van der Waals surface area contributed by atoms with Crippen LogP contribution in [-0.4, -0.2) is 5.37 Å². The van der Waals surface area contributed by atoms with Crippen molar-refractivity contribution in [3.63, 3.8) is 0 Å². The first kappa shape index (κ1) is 12.4. The smallest absolute Gasteiger partial charge is 0.0795 e. The van der Waals surface area contributed by atoms with Gasteiger partial charge >= 0.3 is 0 Å². The van der Waals surface area contributed by atoms with E-state index in [0.717, 1.165) is 5.92 Å². The Morgan fingerprint density at radius 3 is 2.60 bits per heavy atom. The van der Waals surface area contributed by atoms with E-state index < -0.39 is 0 Å². The average molecular weight is 223 g/mol. The van der Waals surface area contributed by atoms with E-state index in [-0.39, 0.29) is 0 Å². The highest BCUT2D eigenvalue weighted by molar-refractivity contribution is 8.00. The highest BCUT2D eigenvalue weighted by Gasteiger charge is 2.24. The van der Waals surface area contributed by atoms with Gasteiger partial charge in [-0.3, -0.25) is 0 Å². The molecular weight excluding hydrogens is 202 g/mol. The van der Waals surface area contributed by atoms with Gasteiger partial charge in [-0.1, -0.05) is 58.0 Å². The molecule has 0 bridgehead atoms. The summed E-state index contributed by atoms with van der Waals surface area (Å²) in [6.07, 6.45) is 1.23. The van der Waals surface area contributed by atoms with Crippen molar-refractivity contribution in [1.29, 1.82) is 0 Å². The van der Waals surface area contributed by atoms with Gasteiger partial charge in [-0.25, -0.2) is 0 Å². The van der Waals surface area contributed by atoms with Gasteiger partial charge in [-0.2, -0.15) is 0 Å². The van der Waals surface area contributed by atoms with Crippen LogP contribution in [0.3, 0.4) is 0 Å². The Bertz CT molecular complexity index is 273. The molecule has 0 saturated heterocycles. The van der Waals surface area contributed by atoms with Crippen LogP contribution < -0.4 is 5.32 Å². The summed E-state index contributed by atoms with van der Waals surface area (Å²) in [7, 11) is 0. The van der Waals surface area contributed by atoms with Gasteiger partial charge in [0, 0.05) is 10.6 Å². The highest BCUT2D eigenvalue weighted by atomic mass is 32.2. The molecule has 1 aromatic carbocycles. The molecule has 0 aliphatic carbocycles. The molecule has 2 rings (SSSR count). The summed E-state index contributed by atoms with van der Waals surface area (Å²) in [6.45, 7) is 8.55. The van der Waals surface area contributed by atoms with E-state index in [1.807, 2.05) is 25.6 Å². The van der Waals surface area contributed by atoms with E-state index in [2.05, 4.69) is 43.4 Å². The maximum absolute atomic E-state index is 3.55. The second-order valence-electron chi connectivity index (χ2n) is 3.56. The number of thioether (sulfide) groups is 1. The van der Waals surface area contributed by atoms with Gasteiger partial charge in [0.05, 0.1) is 5.37 Å². The van der Waals surface area contributed by atoms with E-state index in [0.29, 0.717) is 5.37 Å². The van der Waals surface area contributed by atoms with Gasteiger partial charge in [0.2, 0.25) is 0 Å². The minimum Gasteiger partial charge on any atom is -0.372 e. The SMILES string of the molecule is CC.CCC(C)C1Nc2ccccc2S1. The lowest BCUT2D eigenvalue weighted by Gasteiger charge is -2.16. The van der Waals surface area contributed by atoms with E-state index in [9.17, 15) is 0 Å². The van der Waals surface area contributed by atoms with E-state index in [1.54, 1.807) is 0 Å². The molecule has 1 heterocycles. The molecule has 15 heavy (non-hydrogen) atoms. The van der Waals surface area contributed by atoms with E-state index in [4.69, 9.17) is 0 Å². The summed E-state index contributed by atoms with van der Waals surface area (Å²) < 4.78 is 0. The lowest BCUT2D eigenvalue weighted by atomic mass is 10.1. The van der Waals surface area contributed by atoms with Crippen molar-refractivity contribution in [2.75, 3.05) is 5.32 Å². The molecule has 0 aromatic heterocycles. The van der Waals surface area contributed by atoms with Gasteiger partial charge in [0.15, 0.2) is 0 Å². The lowest BCUT2D eigenvalue weighted by molar-refractivity contribution is 0.568. The zero-order valence-electron chi connectivity index (χ0n) is 10.1. The second-order valence-corrected chi connectivity index (χ2v) is 4.75. The molecule has 84 valence electrons. The van der Waals surface area contributed by atoms with Crippen LogP contribution in [-0.2, 0) is 0 Å². The van der Waals surface area contributed by atoms with Gasteiger partial charge in [0.25, 0.3) is 0 Å². The summed E-state index contributed by atoms with van der Waals surface area (Å²) in [5.41, 5.74) is 1.30. The number of para-hydroxylation sites is 1. The van der Waals surface area contributed by atoms with Crippen LogP contribution in [0.2, 0.25) is 0 Å². The fourth-order valence-corrected chi connectivity index (χ4v) is 2.78. The summed E-state index contributed by atoms with van der Waals surface area (Å²) in [5.74, 6) is 0.734. The Kier molecular flexibility index (Phi) is 5.03. The maximum atomic E-state index is 3.55. The van der Waals surface area contributed by atoms with Crippen molar-refractivity contribution >= 4 is 17.4 Å². The molecule has 0 amide bonds. The van der Waals surface area contributed by atoms with Crippen LogP contribution in [0.1, 0.15) is 34.1 Å². The summed E-state index contributed by atoms with van der Waals surface area (Å²) in [5, 5.41) is 4.12. The molecule has 2 heteroatoms. The Morgan fingerprint density at radius 1 is 1.33 bits per heavy atom. The molecule has 0 fully saturated rings. The van der Waals surface area contributed by atoms with E-state index >= 15 is 0 Å². The van der Waals surface area contributed by atoms with Crippen LogP contribution in [0.4, 0.5) is 5.69 Å². The van der Waals surface area contributed by atoms with E-state index in [1.165, 1.54) is 17.0 Å². The third-order valence-corrected chi connectivity index (χ3v) is 4.05. The number of rotatable bonds is 2. The number of nitrogens with one attached hydrogen (secondary N) is 1. The van der Waals surface area contributed by atoms with Gasteiger partial charge in [-0.05, 0) is 18.1 Å². The lowest BCUT2D eigenvalue weighted by Crippen LogP contribution is -2.18. The molecule has 1 aromatic rings. The zero-order chi connectivity index (χ0) is 11.3. The number of fused-ring (bicyclic) bond motifs is 1. The second kappa shape index (κ2) is 6.06. The number of anilines is 1. The predicted molar refractivity (Wildman–Crippen MR) is 70.5 cm³/mol. The molecule has 1 aliphatic rings. The standard InChI is InChI=1S/C11H15NS.C2H6/c1-3-8(2)11-12-9-6-4-5-7-10(9)13-11;1-2/h4-8,11-12H,3H2,1-2H3;1-2H3. The first-order valence-corrected chi connectivity index (χ1v) is 6.71. The fourth-order valence-electron chi connectivity index (χ4n) is 1.48. The van der Waals surface area contributed by atoms with Crippen molar-refractivity contribution in [2.24, 2.45) is 5.92 Å². The Balaban J connectivity index is 0.000000531. The summed E-state index contributed by atoms with van der Waals surface area (Å²) >= 11 is 1.96. The zero-order valence-corrected chi connectivity index (χ0v) is 10.9. The van der Waals surface area contributed by atoms with Gasteiger partial charge < -0.3 is 5.32 Å². The maximum Gasteiger partial charge on any atom is 0.0795 e. The van der Waals surface area contributed by atoms with Crippen LogP contribution in [0.5, 0.6) is 0 Å². The normalized spacial score (nSPS) is 19.6. The molecule has 0 saturated carbocycles. The Hall–Kier alpha value is -0.630. The average Bonchev–Trinajstić information content (AvgIpc) is 2.74. The largest absolute Gasteiger partial charge is 0.372 e. The monoisotopic (exact) mass is 223 g/mol. The van der Waals surface area contributed by atoms with Crippen molar-refractivity contribution in [2.45, 2.75) is 44.4 Å². The molecule has 0 radical (unpaired) electrons. The minimum absolute atomic E-state index is 0.572. The molecule has 2 atom stereocenters. The highest BCUT2D eigenvalue weighted by Crippen LogP contribution is 2.41. The quantitative estimate of drug-likeness (QED) is 0.786. The van der Waals surface area contributed by atoms with Crippen molar-refractivity contribution in [1.82, 2.24) is 0 Å². The number of hydrogen-bond donors (Lipinski definition) is 1. The Morgan fingerprint density at radius 2 is 2.00 bits per heavy atom. The number of hydrogen-bond acceptors (Lipinski definition) is 2. The van der Waals surface area contributed by atoms with Crippen molar-refractivity contribution < 1.29 is 0 Å². The third kappa shape index (κ3) is 2.91. The van der Waals surface area contributed by atoms with Crippen LogP contribution in [0, 0.1) is 5.92 Å². The number of benzene rings is 1. The molecule has 2 unspecified atom stereocenters. The molecule has 0 spiro atoms. The van der Waals surface area contributed by atoms with Gasteiger partial charge in [-0.15, -0.1) is 0 Å². The third-order valence-electron chi connectivity index (χ3n) is 2.60. The molecular formula is C13H21NS.